The van der Waals surface area contributed by atoms with E-state index >= 15 is 0 Å². The van der Waals surface area contributed by atoms with Crippen molar-refractivity contribution in [3.05, 3.63) is 35.4 Å². The summed E-state index contributed by atoms with van der Waals surface area (Å²) in [4.78, 5) is 0. The van der Waals surface area contributed by atoms with Crippen LogP contribution in [0.3, 0.4) is 0 Å². The maximum atomic E-state index is 5.49. The Morgan fingerprint density at radius 3 is 2.89 bits per heavy atom. The summed E-state index contributed by atoms with van der Waals surface area (Å²) in [6.45, 7) is 4.49. The monoisotopic (exact) mass is 249 g/mol. The molecule has 1 saturated heterocycles. The maximum Gasteiger partial charge on any atom is 0.0716 e. The Morgan fingerprint density at radius 1 is 1.33 bits per heavy atom. The molecule has 1 aromatic rings. The Hall–Kier alpha value is -0.900. The van der Waals surface area contributed by atoms with Crippen molar-refractivity contribution in [3.63, 3.8) is 0 Å². The van der Waals surface area contributed by atoms with E-state index in [4.69, 9.17) is 9.47 Å². The zero-order valence-electron chi connectivity index (χ0n) is 11.2. The summed E-state index contributed by atoms with van der Waals surface area (Å²) in [5, 5.41) is 3.53. The van der Waals surface area contributed by atoms with Crippen LogP contribution in [0.5, 0.6) is 0 Å². The largest absolute Gasteiger partial charge is 0.381 e. The Kier molecular flexibility index (Phi) is 5.65. The molecule has 1 heterocycles. The molecule has 1 unspecified atom stereocenters. The Morgan fingerprint density at radius 2 is 2.17 bits per heavy atom. The summed E-state index contributed by atoms with van der Waals surface area (Å²) >= 11 is 0. The van der Waals surface area contributed by atoms with E-state index in [2.05, 4.69) is 29.6 Å². The van der Waals surface area contributed by atoms with Crippen LogP contribution in [-0.4, -0.2) is 26.9 Å². The lowest BCUT2D eigenvalue weighted by Gasteiger charge is -2.22. The van der Waals surface area contributed by atoms with Gasteiger partial charge in [-0.1, -0.05) is 24.3 Å². The van der Waals surface area contributed by atoms with E-state index in [-0.39, 0.29) is 0 Å². The summed E-state index contributed by atoms with van der Waals surface area (Å²) in [5.41, 5.74) is 2.60. The van der Waals surface area contributed by atoms with Gasteiger partial charge in [0.1, 0.15) is 0 Å². The van der Waals surface area contributed by atoms with E-state index in [0.717, 1.165) is 26.3 Å². The van der Waals surface area contributed by atoms with Gasteiger partial charge in [0.25, 0.3) is 0 Å². The molecule has 3 heteroatoms. The molecule has 1 fully saturated rings. The second kappa shape index (κ2) is 7.52. The van der Waals surface area contributed by atoms with E-state index in [9.17, 15) is 0 Å². The minimum absolute atomic E-state index is 0.674. The van der Waals surface area contributed by atoms with Gasteiger partial charge in [-0.05, 0) is 29.9 Å². The molecular formula is C15H23NO2. The molecule has 0 radical (unpaired) electrons. The van der Waals surface area contributed by atoms with Crippen LogP contribution in [0.4, 0.5) is 0 Å². The predicted octanol–water partition coefficient (Wildman–Crippen LogP) is 2.35. The van der Waals surface area contributed by atoms with Gasteiger partial charge in [-0.3, -0.25) is 0 Å². The zero-order chi connectivity index (χ0) is 12.6. The van der Waals surface area contributed by atoms with E-state index in [1.165, 1.54) is 24.0 Å². The van der Waals surface area contributed by atoms with Crippen molar-refractivity contribution in [1.29, 1.82) is 0 Å². The molecule has 1 aromatic carbocycles. The molecule has 2 rings (SSSR count). The first kappa shape index (κ1) is 13.5. The van der Waals surface area contributed by atoms with Gasteiger partial charge in [-0.25, -0.2) is 0 Å². The van der Waals surface area contributed by atoms with Gasteiger partial charge in [0.05, 0.1) is 13.2 Å². The molecule has 0 spiro atoms. The first-order valence-corrected chi connectivity index (χ1v) is 6.74. The average molecular weight is 249 g/mol. The minimum Gasteiger partial charge on any atom is -0.381 e. The van der Waals surface area contributed by atoms with Gasteiger partial charge < -0.3 is 14.8 Å². The lowest BCUT2D eigenvalue weighted by molar-refractivity contribution is 0.0547. The highest BCUT2D eigenvalue weighted by molar-refractivity contribution is 5.26. The van der Waals surface area contributed by atoms with Gasteiger partial charge >= 0.3 is 0 Å². The fourth-order valence-electron chi connectivity index (χ4n) is 2.41. The van der Waals surface area contributed by atoms with E-state index in [1.807, 2.05) is 0 Å². The third kappa shape index (κ3) is 4.09. The normalized spacial score (nSPS) is 19.9. The molecule has 0 amide bonds. The molecule has 100 valence electrons. The molecular weight excluding hydrogens is 226 g/mol. The van der Waals surface area contributed by atoms with Crippen molar-refractivity contribution >= 4 is 0 Å². The van der Waals surface area contributed by atoms with Crippen LogP contribution in [0.25, 0.3) is 0 Å². The first-order valence-electron chi connectivity index (χ1n) is 6.74. The van der Waals surface area contributed by atoms with Crippen molar-refractivity contribution in [2.45, 2.75) is 26.0 Å². The Labute approximate surface area is 109 Å². The fourth-order valence-corrected chi connectivity index (χ4v) is 2.41. The van der Waals surface area contributed by atoms with Crippen molar-refractivity contribution in [2.24, 2.45) is 5.92 Å². The van der Waals surface area contributed by atoms with E-state index in [0.29, 0.717) is 12.5 Å². The van der Waals surface area contributed by atoms with Gasteiger partial charge in [-0.2, -0.15) is 0 Å². The van der Waals surface area contributed by atoms with Crippen LogP contribution in [0.1, 0.15) is 24.0 Å². The zero-order valence-corrected chi connectivity index (χ0v) is 11.2. The number of benzene rings is 1. The van der Waals surface area contributed by atoms with E-state index in [1.54, 1.807) is 7.11 Å². The van der Waals surface area contributed by atoms with Crippen molar-refractivity contribution in [3.8, 4) is 0 Å². The summed E-state index contributed by atoms with van der Waals surface area (Å²) in [7, 11) is 1.74. The summed E-state index contributed by atoms with van der Waals surface area (Å²) < 4.78 is 10.7. The highest BCUT2D eigenvalue weighted by Crippen LogP contribution is 2.13. The van der Waals surface area contributed by atoms with Crippen LogP contribution in [0, 0.1) is 5.92 Å². The molecule has 1 atom stereocenters. The third-order valence-corrected chi connectivity index (χ3v) is 3.42. The molecule has 0 aromatic heterocycles. The molecule has 0 aliphatic carbocycles. The highest BCUT2D eigenvalue weighted by atomic mass is 16.5. The predicted molar refractivity (Wildman–Crippen MR) is 72.4 cm³/mol. The summed E-state index contributed by atoms with van der Waals surface area (Å²) in [6, 6.07) is 8.44. The topological polar surface area (TPSA) is 30.5 Å². The number of methoxy groups -OCH3 is 1. The number of hydrogen-bond acceptors (Lipinski definition) is 3. The van der Waals surface area contributed by atoms with Crippen LogP contribution in [0.2, 0.25) is 0 Å². The van der Waals surface area contributed by atoms with Crippen LogP contribution in [-0.2, 0) is 22.6 Å². The highest BCUT2D eigenvalue weighted by Gasteiger charge is 2.13. The standard InChI is InChI=1S/C15H23NO2/c1-17-12-15-7-3-2-6-14(15)10-16-9-13-5-4-8-18-11-13/h2-3,6-7,13,16H,4-5,8-12H2,1H3. The fraction of sp³-hybridized carbons (Fsp3) is 0.600. The second-order valence-electron chi connectivity index (χ2n) is 4.92. The summed E-state index contributed by atoms with van der Waals surface area (Å²) in [5.74, 6) is 0.674. The van der Waals surface area contributed by atoms with Crippen LogP contribution in [0.15, 0.2) is 24.3 Å². The first-order chi connectivity index (χ1) is 8.90. The number of nitrogens with one attached hydrogen (secondary N) is 1. The molecule has 3 nitrogen and oxygen atoms in total. The van der Waals surface area contributed by atoms with Crippen molar-refractivity contribution in [1.82, 2.24) is 5.32 Å². The lowest BCUT2D eigenvalue weighted by atomic mass is 10.0. The SMILES string of the molecule is COCc1ccccc1CNCC1CCCOC1. The van der Waals surface area contributed by atoms with Gasteiger partial charge in [-0.15, -0.1) is 0 Å². The maximum absolute atomic E-state index is 5.49. The van der Waals surface area contributed by atoms with Gasteiger partial charge in [0, 0.05) is 26.8 Å². The molecule has 1 aliphatic heterocycles. The van der Waals surface area contributed by atoms with Crippen molar-refractivity contribution in [2.75, 3.05) is 26.9 Å². The van der Waals surface area contributed by atoms with Crippen molar-refractivity contribution < 1.29 is 9.47 Å². The number of rotatable bonds is 6. The Balaban J connectivity index is 1.78. The lowest BCUT2D eigenvalue weighted by Crippen LogP contribution is -2.29. The number of ether oxygens (including phenoxy) is 2. The van der Waals surface area contributed by atoms with E-state index < -0.39 is 0 Å². The molecule has 0 bridgehead atoms. The molecule has 1 N–H and O–H groups in total. The quantitative estimate of drug-likeness (QED) is 0.839. The van der Waals surface area contributed by atoms with Gasteiger partial charge in [0.2, 0.25) is 0 Å². The molecule has 1 aliphatic rings. The molecule has 18 heavy (non-hydrogen) atoms. The number of hydrogen-bond donors (Lipinski definition) is 1. The third-order valence-electron chi connectivity index (χ3n) is 3.42. The smallest absolute Gasteiger partial charge is 0.0716 e. The Bertz CT molecular complexity index is 348. The van der Waals surface area contributed by atoms with Gasteiger partial charge in [0.15, 0.2) is 0 Å². The summed E-state index contributed by atoms with van der Waals surface area (Å²) in [6.07, 6.45) is 2.49. The van der Waals surface area contributed by atoms with Crippen LogP contribution >= 0.6 is 0 Å². The minimum atomic E-state index is 0.674. The second-order valence-corrected chi connectivity index (χ2v) is 4.92. The average Bonchev–Trinajstić information content (AvgIpc) is 2.42. The van der Waals surface area contributed by atoms with Crippen LogP contribution < -0.4 is 5.32 Å². The molecule has 0 saturated carbocycles.